The Morgan fingerprint density at radius 3 is 2.67 bits per heavy atom. The van der Waals surface area contributed by atoms with Crippen LogP contribution in [0.5, 0.6) is 11.5 Å². The van der Waals surface area contributed by atoms with Crippen LogP contribution < -0.4 is 20.7 Å². The number of rotatable bonds is 1. The molecule has 0 radical (unpaired) electrons. The highest BCUT2D eigenvalue weighted by molar-refractivity contribution is 5.54. The third kappa shape index (κ3) is 1.16. The van der Waals surface area contributed by atoms with Crippen LogP contribution in [-0.2, 0) is 0 Å². The lowest BCUT2D eigenvalue weighted by Crippen LogP contribution is -2.16. The molecule has 0 spiro atoms. The largest absolute Gasteiger partial charge is 0.486 e. The number of ether oxygens (including phenoxy) is 2. The van der Waals surface area contributed by atoms with E-state index in [0.717, 1.165) is 17.2 Å². The topological polar surface area (TPSA) is 56.5 Å². The molecule has 1 aromatic carbocycles. The van der Waals surface area contributed by atoms with Crippen molar-refractivity contribution in [3.8, 4) is 11.5 Å². The van der Waals surface area contributed by atoms with Crippen molar-refractivity contribution in [2.75, 3.05) is 18.6 Å². The van der Waals surface area contributed by atoms with Gasteiger partial charge in [0.2, 0.25) is 0 Å². The predicted octanol–water partition coefficient (Wildman–Crippen LogP) is 0.743. The molecule has 4 heteroatoms. The number of hydrazine groups is 1. The normalized spacial score (nSPS) is 14.1. The Morgan fingerprint density at radius 1 is 1.17 bits per heavy atom. The second-order valence-electron chi connectivity index (χ2n) is 2.50. The molecule has 64 valence electrons. The third-order valence-electron chi connectivity index (χ3n) is 1.71. The van der Waals surface area contributed by atoms with Crippen LogP contribution >= 0.6 is 0 Å². The standard InChI is InChI=1S/C8H10N2O2/c9-10-6-1-2-7-8(5-6)12-4-3-11-7/h1-2,5,10H,3-4,9H2. The van der Waals surface area contributed by atoms with Crippen molar-refractivity contribution in [1.82, 2.24) is 0 Å². The number of fused-ring (bicyclic) bond motifs is 1. The molecule has 4 nitrogen and oxygen atoms in total. The fourth-order valence-electron chi connectivity index (χ4n) is 1.13. The summed E-state index contributed by atoms with van der Waals surface area (Å²) in [5.41, 5.74) is 3.36. The molecule has 0 aliphatic carbocycles. The van der Waals surface area contributed by atoms with Gasteiger partial charge < -0.3 is 14.9 Å². The van der Waals surface area contributed by atoms with Gasteiger partial charge in [0.1, 0.15) is 13.2 Å². The number of nitrogen functional groups attached to an aromatic ring is 1. The first-order valence-electron chi connectivity index (χ1n) is 3.76. The molecule has 0 aromatic heterocycles. The van der Waals surface area contributed by atoms with Crippen LogP contribution in [-0.4, -0.2) is 13.2 Å². The van der Waals surface area contributed by atoms with Gasteiger partial charge in [0.25, 0.3) is 0 Å². The van der Waals surface area contributed by atoms with E-state index in [2.05, 4.69) is 5.43 Å². The Kier molecular flexibility index (Phi) is 1.75. The Labute approximate surface area is 70.2 Å². The molecule has 0 unspecified atom stereocenters. The monoisotopic (exact) mass is 166 g/mol. The summed E-state index contributed by atoms with van der Waals surface area (Å²) in [7, 11) is 0. The van der Waals surface area contributed by atoms with Gasteiger partial charge in [-0.05, 0) is 12.1 Å². The molecule has 0 saturated heterocycles. The highest BCUT2D eigenvalue weighted by Gasteiger charge is 2.10. The quantitative estimate of drug-likeness (QED) is 0.477. The number of benzene rings is 1. The molecule has 12 heavy (non-hydrogen) atoms. The maximum Gasteiger partial charge on any atom is 0.163 e. The second-order valence-corrected chi connectivity index (χ2v) is 2.50. The van der Waals surface area contributed by atoms with Gasteiger partial charge in [-0.3, -0.25) is 5.84 Å². The van der Waals surface area contributed by atoms with E-state index >= 15 is 0 Å². The van der Waals surface area contributed by atoms with E-state index in [1.54, 1.807) is 0 Å². The summed E-state index contributed by atoms with van der Waals surface area (Å²) in [5.74, 6) is 6.76. The van der Waals surface area contributed by atoms with Gasteiger partial charge in [-0.1, -0.05) is 0 Å². The third-order valence-corrected chi connectivity index (χ3v) is 1.71. The van der Waals surface area contributed by atoms with Crippen LogP contribution in [0.2, 0.25) is 0 Å². The van der Waals surface area contributed by atoms with E-state index in [0.29, 0.717) is 13.2 Å². The van der Waals surface area contributed by atoms with Crippen molar-refractivity contribution in [2.45, 2.75) is 0 Å². The molecular formula is C8H10N2O2. The minimum absolute atomic E-state index is 0.598. The molecular weight excluding hydrogens is 156 g/mol. The van der Waals surface area contributed by atoms with Gasteiger partial charge >= 0.3 is 0 Å². The Hall–Kier alpha value is -1.42. The summed E-state index contributed by atoms with van der Waals surface area (Å²) in [6, 6.07) is 5.49. The Morgan fingerprint density at radius 2 is 1.92 bits per heavy atom. The zero-order valence-corrected chi connectivity index (χ0v) is 6.54. The lowest BCUT2D eigenvalue weighted by Gasteiger charge is -2.18. The maximum absolute atomic E-state index is 5.35. The van der Waals surface area contributed by atoms with Crippen molar-refractivity contribution in [1.29, 1.82) is 0 Å². The maximum atomic E-state index is 5.35. The average Bonchev–Trinajstić information content (AvgIpc) is 2.17. The van der Waals surface area contributed by atoms with Crippen LogP contribution in [0.15, 0.2) is 18.2 Å². The summed E-state index contributed by atoms with van der Waals surface area (Å²) in [6.07, 6.45) is 0. The van der Waals surface area contributed by atoms with Crippen molar-refractivity contribution in [2.24, 2.45) is 5.84 Å². The summed E-state index contributed by atoms with van der Waals surface area (Å²) < 4.78 is 10.7. The molecule has 1 aromatic rings. The van der Waals surface area contributed by atoms with Crippen LogP contribution in [0, 0.1) is 0 Å². The minimum Gasteiger partial charge on any atom is -0.486 e. The van der Waals surface area contributed by atoms with Gasteiger partial charge in [-0.2, -0.15) is 0 Å². The summed E-state index contributed by atoms with van der Waals surface area (Å²) >= 11 is 0. The Balaban J connectivity index is 2.36. The highest BCUT2D eigenvalue weighted by atomic mass is 16.6. The van der Waals surface area contributed by atoms with Gasteiger partial charge in [-0.15, -0.1) is 0 Å². The summed E-state index contributed by atoms with van der Waals surface area (Å²) in [5, 5.41) is 0. The number of anilines is 1. The molecule has 1 aliphatic heterocycles. The van der Waals surface area contributed by atoms with E-state index in [-0.39, 0.29) is 0 Å². The second kappa shape index (κ2) is 2.91. The molecule has 2 rings (SSSR count). The number of hydrogen-bond donors (Lipinski definition) is 2. The van der Waals surface area contributed by atoms with Crippen LogP contribution in [0.4, 0.5) is 5.69 Å². The van der Waals surface area contributed by atoms with Crippen LogP contribution in [0.1, 0.15) is 0 Å². The zero-order chi connectivity index (χ0) is 8.39. The van der Waals surface area contributed by atoms with Gasteiger partial charge in [0.15, 0.2) is 11.5 Å². The number of hydrogen-bond acceptors (Lipinski definition) is 4. The molecule has 0 bridgehead atoms. The lowest BCUT2D eigenvalue weighted by atomic mass is 10.2. The molecule has 1 heterocycles. The van der Waals surface area contributed by atoms with E-state index in [9.17, 15) is 0 Å². The van der Waals surface area contributed by atoms with E-state index in [4.69, 9.17) is 15.3 Å². The molecule has 0 saturated carbocycles. The Bertz CT molecular complexity index is 288. The first kappa shape index (κ1) is 7.24. The zero-order valence-electron chi connectivity index (χ0n) is 6.54. The fraction of sp³-hybridized carbons (Fsp3) is 0.250. The lowest BCUT2D eigenvalue weighted by molar-refractivity contribution is 0.171. The average molecular weight is 166 g/mol. The predicted molar refractivity (Wildman–Crippen MR) is 45.2 cm³/mol. The number of nitrogens with one attached hydrogen (secondary N) is 1. The van der Waals surface area contributed by atoms with E-state index in [1.165, 1.54) is 0 Å². The SMILES string of the molecule is NNc1ccc2c(c1)OCCO2. The van der Waals surface area contributed by atoms with Crippen molar-refractivity contribution < 1.29 is 9.47 Å². The van der Waals surface area contributed by atoms with Gasteiger partial charge in [-0.25, -0.2) is 0 Å². The minimum atomic E-state index is 0.598. The fourth-order valence-corrected chi connectivity index (χ4v) is 1.13. The van der Waals surface area contributed by atoms with Gasteiger partial charge in [0, 0.05) is 6.07 Å². The molecule has 0 fully saturated rings. The van der Waals surface area contributed by atoms with E-state index < -0.39 is 0 Å². The summed E-state index contributed by atoms with van der Waals surface area (Å²) in [6.45, 7) is 1.21. The van der Waals surface area contributed by atoms with E-state index in [1.807, 2.05) is 18.2 Å². The van der Waals surface area contributed by atoms with Crippen molar-refractivity contribution >= 4 is 5.69 Å². The molecule has 1 aliphatic rings. The smallest absolute Gasteiger partial charge is 0.163 e. The van der Waals surface area contributed by atoms with Crippen molar-refractivity contribution in [3.63, 3.8) is 0 Å². The molecule has 0 amide bonds. The summed E-state index contributed by atoms with van der Waals surface area (Å²) in [4.78, 5) is 0. The van der Waals surface area contributed by atoms with Gasteiger partial charge in [0.05, 0.1) is 5.69 Å². The highest BCUT2D eigenvalue weighted by Crippen LogP contribution is 2.31. The van der Waals surface area contributed by atoms with Crippen LogP contribution in [0.3, 0.4) is 0 Å². The molecule has 0 atom stereocenters. The molecule has 3 N–H and O–H groups in total. The number of nitrogens with two attached hydrogens (primary N) is 1. The van der Waals surface area contributed by atoms with Crippen LogP contribution in [0.25, 0.3) is 0 Å². The van der Waals surface area contributed by atoms with Crippen molar-refractivity contribution in [3.05, 3.63) is 18.2 Å². The first-order valence-corrected chi connectivity index (χ1v) is 3.76. The first-order chi connectivity index (χ1) is 5.90.